The Morgan fingerprint density at radius 2 is 2.60 bits per heavy atom. The molecule has 0 amide bonds. The largest absolute Gasteiger partial charge is 0.474 e. The first-order chi connectivity index (χ1) is 2.41. The molecule has 0 aromatic rings. The topological polar surface area (TPSA) is 40.9 Å². The van der Waals surface area contributed by atoms with Gasteiger partial charge >= 0.3 is 17.4 Å². The molecule has 0 atom stereocenters. The van der Waals surface area contributed by atoms with Crippen molar-refractivity contribution in [1.82, 2.24) is 0 Å². The predicted molar refractivity (Wildman–Crippen MR) is 18.5 cm³/mol. The number of nitriles is 1. The molecule has 0 bridgehead atoms. The van der Waals surface area contributed by atoms with Gasteiger partial charge in [-0.25, -0.2) is 0 Å². The SMILES string of the molecule is N#CC[S+]=O. The third kappa shape index (κ3) is 3.51. The summed E-state index contributed by atoms with van der Waals surface area (Å²) in [5.74, 6) is 0.0556. The van der Waals surface area contributed by atoms with Gasteiger partial charge in [0.05, 0.1) is 0 Å². The van der Waals surface area contributed by atoms with E-state index in [0.717, 1.165) is 0 Å². The normalized spacial score (nSPS) is 5.40. The fourth-order valence-corrected chi connectivity index (χ4v) is 0.0791. The molecule has 3 heteroatoms. The van der Waals surface area contributed by atoms with E-state index in [4.69, 9.17) is 5.26 Å². The van der Waals surface area contributed by atoms with Gasteiger partial charge in [0.1, 0.15) is 6.07 Å². The van der Waals surface area contributed by atoms with Crippen LogP contribution in [0.25, 0.3) is 0 Å². The molecule has 0 fully saturated rings. The van der Waals surface area contributed by atoms with Crippen molar-refractivity contribution in [1.29, 1.82) is 5.26 Å². The average Bonchev–Trinajstić information content (AvgIpc) is 1.41. The summed E-state index contributed by atoms with van der Waals surface area (Å²) < 4.78 is 9.22. The highest BCUT2D eigenvalue weighted by Gasteiger charge is 1.86. The minimum Gasteiger partial charge on any atom is -0.192 e. The fourth-order valence-electron chi connectivity index (χ4n) is 0.0264. The van der Waals surface area contributed by atoms with Gasteiger partial charge in [-0.15, -0.1) is 0 Å². The highest BCUT2D eigenvalue weighted by atomic mass is 32.1. The summed E-state index contributed by atoms with van der Waals surface area (Å²) >= 11 is 0.291. The molecule has 5 heavy (non-hydrogen) atoms. The van der Waals surface area contributed by atoms with Crippen LogP contribution in [0.2, 0.25) is 0 Å². The lowest BCUT2D eigenvalue weighted by Gasteiger charge is -1.29. The zero-order valence-electron chi connectivity index (χ0n) is 2.47. The lowest BCUT2D eigenvalue weighted by atomic mass is 10.9. The van der Waals surface area contributed by atoms with Crippen LogP contribution < -0.4 is 0 Å². The van der Waals surface area contributed by atoms with Gasteiger partial charge < -0.3 is 0 Å². The smallest absolute Gasteiger partial charge is 0.192 e. The monoisotopic (exact) mass is 88.0 g/mol. The summed E-state index contributed by atoms with van der Waals surface area (Å²) in [7, 11) is 0. The maximum atomic E-state index is 9.22. The van der Waals surface area contributed by atoms with Gasteiger partial charge in [-0.1, -0.05) is 0 Å². The summed E-state index contributed by atoms with van der Waals surface area (Å²) in [6.07, 6.45) is 0. The Balaban J connectivity index is 2.75. The number of hydrogen-bond acceptors (Lipinski definition) is 2. The van der Waals surface area contributed by atoms with E-state index in [1.54, 1.807) is 6.07 Å². The first kappa shape index (κ1) is 4.51. The maximum Gasteiger partial charge on any atom is 0.474 e. The summed E-state index contributed by atoms with van der Waals surface area (Å²) in [4.78, 5) is 0. The predicted octanol–water partition coefficient (Wildman–Crippen LogP) is -0.0619. The maximum absolute atomic E-state index is 9.22. The van der Waals surface area contributed by atoms with Gasteiger partial charge in [-0.2, -0.15) is 5.26 Å². The van der Waals surface area contributed by atoms with Gasteiger partial charge in [-0.3, -0.25) is 0 Å². The Bertz CT molecular complexity index is 64.5. The molecule has 0 unspecified atom stereocenters. The van der Waals surface area contributed by atoms with Crippen molar-refractivity contribution < 1.29 is 4.21 Å². The van der Waals surface area contributed by atoms with Crippen LogP contribution in [0, 0.1) is 11.3 Å². The van der Waals surface area contributed by atoms with Crippen LogP contribution in [0.4, 0.5) is 0 Å². The molecular weight excluding hydrogens is 86.1 g/mol. The second kappa shape index (κ2) is 3.51. The molecule has 0 N–H and O–H groups in total. The Kier molecular flexibility index (Phi) is 3.17. The quantitative estimate of drug-likeness (QED) is 0.421. The van der Waals surface area contributed by atoms with E-state index in [1.807, 2.05) is 0 Å². The van der Waals surface area contributed by atoms with Crippen molar-refractivity contribution >= 4 is 11.7 Å². The van der Waals surface area contributed by atoms with Gasteiger partial charge in [0, 0.05) is 4.21 Å². The molecule has 26 valence electrons. The van der Waals surface area contributed by atoms with Crippen LogP contribution in [-0.4, -0.2) is 5.75 Å². The molecule has 0 radical (unpaired) electrons. The van der Waals surface area contributed by atoms with Gasteiger partial charge in [0.15, 0.2) is 0 Å². The Morgan fingerprint density at radius 1 is 2.00 bits per heavy atom. The molecule has 0 saturated carbocycles. The number of rotatable bonds is 1. The van der Waals surface area contributed by atoms with Crippen LogP contribution in [0.15, 0.2) is 0 Å². The molecule has 0 heterocycles. The molecular formula is C2H2NOS+. The van der Waals surface area contributed by atoms with Crippen molar-refractivity contribution in [3.05, 3.63) is 0 Å². The van der Waals surface area contributed by atoms with Gasteiger partial charge in [0.2, 0.25) is 0 Å². The molecule has 0 saturated heterocycles. The van der Waals surface area contributed by atoms with Crippen LogP contribution in [0.1, 0.15) is 0 Å². The van der Waals surface area contributed by atoms with E-state index in [2.05, 4.69) is 0 Å². The highest BCUT2D eigenvalue weighted by molar-refractivity contribution is 7.65. The van der Waals surface area contributed by atoms with Gasteiger partial charge in [-0.05, 0) is 0 Å². The minimum absolute atomic E-state index is 0.0556. The molecule has 0 aliphatic heterocycles. The molecule has 0 aromatic heterocycles. The van der Waals surface area contributed by atoms with Crippen molar-refractivity contribution in [2.45, 2.75) is 0 Å². The van der Waals surface area contributed by atoms with Crippen molar-refractivity contribution in [2.24, 2.45) is 0 Å². The minimum atomic E-state index is 0.0556. The van der Waals surface area contributed by atoms with Crippen LogP contribution >= 0.6 is 0 Å². The van der Waals surface area contributed by atoms with Crippen LogP contribution in [0.3, 0.4) is 0 Å². The zero-order chi connectivity index (χ0) is 4.12. The number of nitrogens with zero attached hydrogens (tertiary/aromatic N) is 1. The first-order valence-electron chi connectivity index (χ1n) is 1.03. The molecule has 0 spiro atoms. The molecule has 0 aromatic carbocycles. The molecule has 0 aliphatic carbocycles. The van der Waals surface area contributed by atoms with E-state index >= 15 is 0 Å². The second-order valence-corrected chi connectivity index (χ2v) is 0.945. The lowest BCUT2D eigenvalue weighted by molar-refractivity contribution is 0.606. The second-order valence-electron chi connectivity index (χ2n) is 0.420. The highest BCUT2D eigenvalue weighted by Crippen LogP contribution is 1.47. The zero-order valence-corrected chi connectivity index (χ0v) is 3.29. The van der Waals surface area contributed by atoms with E-state index in [-0.39, 0.29) is 5.75 Å². The van der Waals surface area contributed by atoms with E-state index in [0.29, 0.717) is 11.7 Å². The third-order valence-electron chi connectivity index (χ3n) is 0.123. The molecule has 2 nitrogen and oxygen atoms in total. The van der Waals surface area contributed by atoms with E-state index < -0.39 is 0 Å². The van der Waals surface area contributed by atoms with Gasteiger partial charge in [0.25, 0.3) is 0 Å². The summed E-state index contributed by atoms with van der Waals surface area (Å²) in [5.41, 5.74) is 0. The first-order valence-corrected chi connectivity index (χ1v) is 1.94. The Morgan fingerprint density at radius 3 is 2.60 bits per heavy atom. The van der Waals surface area contributed by atoms with Crippen LogP contribution in [0.5, 0.6) is 0 Å². The molecule has 0 rings (SSSR count). The van der Waals surface area contributed by atoms with E-state index in [1.165, 1.54) is 0 Å². The summed E-state index contributed by atoms with van der Waals surface area (Å²) in [6.45, 7) is 0. The van der Waals surface area contributed by atoms with Crippen molar-refractivity contribution in [3.8, 4) is 6.07 Å². The van der Waals surface area contributed by atoms with Crippen molar-refractivity contribution in [2.75, 3.05) is 5.75 Å². The Hall–Kier alpha value is -0.490. The molecule has 0 aliphatic rings. The lowest BCUT2D eigenvalue weighted by Crippen LogP contribution is -1.65. The summed E-state index contributed by atoms with van der Waals surface area (Å²) in [5, 5.41) is 7.60. The van der Waals surface area contributed by atoms with E-state index in [9.17, 15) is 4.21 Å². The summed E-state index contributed by atoms with van der Waals surface area (Å²) in [6, 6.07) is 1.67. The Labute approximate surface area is 33.9 Å². The number of hydrogen-bond donors (Lipinski definition) is 0. The standard InChI is InChI=1S/C2H2NOS/c3-1-2-5-4/h2H2/q+1. The van der Waals surface area contributed by atoms with Crippen LogP contribution in [-0.2, 0) is 15.9 Å². The third-order valence-corrected chi connectivity index (χ3v) is 0.370. The fraction of sp³-hybridized carbons (Fsp3) is 0.500. The average molecular weight is 88.1 g/mol. The van der Waals surface area contributed by atoms with Crippen molar-refractivity contribution in [3.63, 3.8) is 0 Å².